The molecule has 1 nitrogen and oxygen atoms in total. The first kappa shape index (κ1) is 7.13. The monoisotopic (exact) mass is 181 g/mol. The van der Waals surface area contributed by atoms with E-state index in [1.165, 1.54) is 4.88 Å². The number of nitrogens with zero attached hydrogens (tertiary/aromatic N) is 1. The van der Waals surface area contributed by atoms with Gasteiger partial charge in [0.2, 0.25) is 0 Å². The van der Waals surface area contributed by atoms with E-state index in [9.17, 15) is 0 Å². The second-order valence-electron chi connectivity index (χ2n) is 2.11. The first-order valence-corrected chi connectivity index (χ1v) is 5.23. The lowest BCUT2D eigenvalue weighted by molar-refractivity contribution is 1.53. The first-order valence-electron chi connectivity index (χ1n) is 3.36. The molecule has 0 aromatic carbocycles. The summed E-state index contributed by atoms with van der Waals surface area (Å²) in [6.45, 7) is 0. The molecule has 0 radical (unpaired) electrons. The Balaban J connectivity index is 2.29. The fraction of sp³-hybridized carbons (Fsp3) is 0.125. The predicted molar refractivity (Wildman–Crippen MR) is 52.5 cm³/mol. The quantitative estimate of drug-likeness (QED) is 0.649. The van der Waals surface area contributed by atoms with Gasteiger partial charge in [-0.05, 0) is 11.4 Å². The van der Waals surface area contributed by atoms with Crippen molar-refractivity contribution in [1.29, 1.82) is 0 Å². The molecule has 0 bridgehead atoms. The first-order chi connectivity index (χ1) is 5.47. The molecule has 1 aromatic heterocycles. The van der Waals surface area contributed by atoms with Crippen LogP contribution in [0.1, 0.15) is 4.88 Å². The maximum Gasteiger partial charge on any atom is 0.113 e. The normalized spacial score (nSPS) is 16.5. The number of aliphatic imine (C=N–C) groups is 1. The Labute approximate surface area is 73.9 Å². The van der Waals surface area contributed by atoms with Gasteiger partial charge in [-0.25, -0.2) is 4.99 Å². The number of rotatable bonds is 1. The van der Waals surface area contributed by atoms with Crippen LogP contribution in [0.5, 0.6) is 0 Å². The second-order valence-corrected chi connectivity index (χ2v) is 4.06. The van der Waals surface area contributed by atoms with Crippen molar-refractivity contribution in [3.8, 4) is 0 Å². The molecule has 1 aromatic rings. The van der Waals surface area contributed by atoms with E-state index in [1.807, 2.05) is 6.20 Å². The minimum Gasteiger partial charge on any atom is -0.249 e. The van der Waals surface area contributed by atoms with Gasteiger partial charge in [-0.1, -0.05) is 12.1 Å². The van der Waals surface area contributed by atoms with Crippen LogP contribution in [0.3, 0.4) is 0 Å². The molecule has 0 amide bonds. The van der Waals surface area contributed by atoms with Crippen molar-refractivity contribution in [3.05, 3.63) is 34.7 Å². The van der Waals surface area contributed by atoms with E-state index in [-0.39, 0.29) is 0 Å². The summed E-state index contributed by atoms with van der Waals surface area (Å²) in [5, 5.41) is 3.24. The fourth-order valence-corrected chi connectivity index (χ4v) is 2.48. The average molecular weight is 181 g/mol. The Kier molecular flexibility index (Phi) is 2.10. The van der Waals surface area contributed by atoms with E-state index in [0.717, 1.165) is 10.8 Å². The van der Waals surface area contributed by atoms with Crippen LogP contribution in [0.25, 0.3) is 0 Å². The number of hydrogen-bond donors (Lipinski definition) is 0. The molecule has 0 fully saturated rings. The zero-order chi connectivity index (χ0) is 7.52. The van der Waals surface area contributed by atoms with Gasteiger partial charge in [0.25, 0.3) is 0 Å². The van der Waals surface area contributed by atoms with Gasteiger partial charge < -0.3 is 0 Å². The van der Waals surface area contributed by atoms with Crippen LogP contribution >= 0.6 is 23.1 Å². The van der Waals surface area contributed by atoms with Gasteiger partial charge in [0.05, 0.1) is 4.88 Å². The zero-order valence-electron chi connectivity index (χ0n) is 5.86. The molecule has 0 saturated carbocycles. The van der Waals surface area contributed by atoms with Crippen LogP contribution in [0.15, 0.2) is 34.8 Å². The Morgan fingerprint density at radius 3 is 3.09 bits per heavy atom. The molecule has 56 valence electrons. The Morgan fingerprint density at radius 1 is 1.45 bits per heavy atom. The number of hydrogen-bond acceptors (Lipinski definition) is 3. The van der Waals surface area contributed by atoms with E-state index < -0.39 is 0 Å². The fourth-order valence-electron chi connectivity index (χ4n) is 0.863. The summed E-state index contributed by atoms with van der Waals surface area (Å²) >= 11 is 3.54. The summed E-state index contributed by atoms with van der Waals surface area (Å²) in [4.78, 5) is 5.56. The highest BCUT2D eigenvalue weighted by molar-refractivity contribution is 8.14. The molecule has 3 heteroatoms. The van der Waals surface area contributed by atoms with Crippen LogP contribution in [0, 0.1) is 0 Å². The summed E-state index contributed by atoms with van der Waals surface area (Å²) in [7, 11) is 0. The van der Waals surface area contributed by atoms with Gasteiger partial charge in [-0.3, -0.25) is 0 Å². The highest BCUT2D eigenvalue weighted by Gasteiger charge is 2.05. The van der Waals surface area contributed by atoms with Crippen molar-refractivity contribution >= 4 is 28.1 Å². The zero-order valence-corrected chi connectivity index (χ0v) is 7.49. The van der Waals surface area contributed by atoms with E-state index in [0.29, 0.717) is 0 Å². The summed E-state index contributed by atoms with van der Waals surface area (Å²) in [6, 6.07) is 4.16. The van der Waals surface area contributed by atoms with E-state index in [1.54, 1.807) is 23.1 Å². The predicted octanol–water partition coefficient (Wildman–Crippen LogP) is 2.76. The minimum absolute atomic E-state index is 1.05. The third-order valence-corrected chi connectivity index (χ3v) is 3.31. The van der Waals surface area contributed by atoms with Crippen molar-refractivity contribution in [2.24, 2.45) is 4.99 Å². The smallest absolute Gasteiger partial charge is 0.113 e. The lowest BCUT2D eigenvalue weighted by atomic mass is 10.5. The topological polar surface area (TPSA) is 12.4 Å². The molecule has 1 aliphatic heterocycles. The van der Waals surface area contributed by atoms with Crippen molar-refractivity contribution in [2.45, 2.75) is 0 Å². The molecule has 11 heavy (non-hydrogen) atoms. The summed E-state index contributed by atoms with van der Waals surface area (Å²) in [5.41, 5.74) is 0. The number of thioether (sulfide) groups is 1. The largest absolute Gasteiger partial charge is 0.249 e. The molecule has 0 aliphatic carbocycles. The van der Waals surface area contributed by atoms with Gasteiger partial charge >= 0.3 is 0 Å². The lowest BCUT2D eigenvalue weighted by Gasteiger charge is -2.02. The maximum absolute atomic E-state index is 4.28. The summed E-state index contributed by atoms with van der Waals surface area (Å²) in [5.74, 6) is 1.05. The molecule has 0 spiro atoms. The average Bonchev–Trinajstić information content (AvgIpc) is 2.58. The van der Waals surface area contributed by atoms with Gasteiger partial charge in [0, 0.05) is 12.0 Å². The highest BCUT2D eigenvalue weighted by Crippen LogP contribution is 2.20. The third kappa shape index (κ3) is 1.54. The molecule has 1 aliphatic rings. The Hall–Kier alpha value is -0.540. The van der Waals surface area contributed by atoms with Crippen LogP contribution in [0.2, 0.25) is 0 Å². The molecular weight excluding hydrogens is 174 g/mol. The maximum atomic E-state index is 4.28. The Bertz CT molecular complexity index is 285. The van der Waals surface area contributed by atoms with Gasteiger partial charge in [-0.2, -0.15) is 0 Å². The summed E-state index contributed by atoms with van der Waals surface area (Å²) < 4.78 is 0. The molecule has 0 N–H and O–H groups in total. The van der Waals surface area contributed by atoms with Crippen molar-refractivity contribution < 1.29 is 0 Å². The Morgan fingerprint density at radius 2 is 2.45 bits per heavy atom. The van der Waals surface area contributed by atoms with E-state index >= 15 is 0 Å². The van der Waals surface area contributed by atoms with Crippen LogP contribution in [-0.2, 0) is 0 Å². The van der Waals surface area contributed by atoms with Crippen molar-refractivity contribution in [3.63, 3.8) is 0 Å². The molecule has 0 atom stereocenters. The molecule has 0 unspecified atom stereocenters. The lowest BCUT2D eigenvalue weighted by Crippen LogP contribution is -1.94. The summed E-state index contributed by atoms with van der Waals surface area (Å²) in [6.07, 6.45) is 3.95. The van der Waals surface area contributed by atoms with Crippen LogP contribution in [-0.4, -0.2) is 10.8 Å². The van der Waals surface area contributed by atoms with Gasteiger partial charge in [0.1, 0.15) is 5.04 Å². The SMILES string of the molecule is C1=CN=C(c2cccs2)SC1. The molecular formula is C8H7NS2. The van der Waals surface area contributed by atoms with Crippen LogP contribution < -0.4 is 0 Å². The second kappa shape index (κ2) is 3.24. The van der Waals surface area contributed by atoms with Crippen molar-refractivity contribution in [1.82, 2.24) is 0 Å². The molecule has 2 rings (SSSR count). The van der Waals surface area contributed by atoms with E-state index in [4.69, 9.17) is 0 Å². The molecule has 2 heterocycles. The minimum atomic E-state index is 1.05. The van der Waals surface area contributed by atoms with Crippen molar-refractivity contribution in [2.75, 3.05) is 5.75 Å². The highest BCUT2D eigenvalue weighted by atomic mass is 32.2. The van der Waals surface area contributed by atoms with Gasteiger partial charge in [-0.15, -0.1) is 23.1 Å². The van der Waals surface area contributed by atoms with Gasteiger partial charge in [0.15, 0.2) is 0 Å². The van der Waals surface area contributed by atoms with E-state index in [2.05, 4.69) is 28.6 Å². The standard InChI is InChI=1S/C8H7NS2/c1-3-7(10-5-1)8-9-4-2-6-11-8/h1-5H,6H2. The van der Waals surface area contributed by atoms with Crippen LogP contribution in [0.4, 0.5) is 0 Å². The number of thiophene rings is 1. The molecule has 0 saturated heterocycles. The third-order valence-electron chi connectivity index (χ3n) is 1.35.